The van der Waals surface area contributed by atoms with Crippen molar-refractivity contribution in [3.05, 3.63) is 229 Å². The van der Waals surface area contributed by atoms with Crippen LogP contribution >= 0.6 is 34.4 Å². The Balaban J connectivity index is 0.838. The highest BCUT2D eigenvalue weighted by atomic mass is 32.2. The van der Waals surface area contributed by atoms with Crippen molar-refractivity contribution in [3.8, 4) is 42.4 Å². The molecule has 0 radical (unpaired) electrons. The number of anilines is 3. The molecule has 0 N–H and O–H groups in total. The van der Waals surface area contributed by atoms with Crippen molar-refractivity contribution in [2.45, 2.75) is 91.7 Å². The maximum atomic E-state index is 2.55. The van der Waals surface area contributed by atoms with Gasteiger partial charge in [0.2, 0.25) is 6.71 Å². The van der Waals surface area contributed by atoms with E-state index in [4.69, 9.17) is 0 Å². The van der Waals surface area contributed by atoms with Gasteiger partial charge in [-0.1, -0.05) is 175 Å². The number of nitrogens with zero attached hydrogens (tertiary/aromatic N) is 1. The molecule has 5 heteroatoms. The first-order chi connectivity index (χ1) is 34.1. The Labute approximate surface area is 434 Å². The first-order valence-electron chi connectivity index (χ1n) is 25.3. The van der Waals surface area contributed by atoms with Gasteiger partial charge >= 0.3 is 0 Å². The lowest BCUT2D eigenvalue weighted by atomic mass is 9.37. The van der Waals surface area contributed by atoms with Crippen LogP contribution in [0.15, 0.2) is 169 Å². The van der Waals surface area contributed by atoms with Crippen molar-refractivity contribution in [3.63, 3.8) is 0 Å². The van der Waals surface area contributed by atoms with Gasteiger partial charge in [0.05, 0.1) is 0 Å². The van der Waals surface area contributed by atoms with Gasteiger partial charge in [-0.2, -0.15) is 0 Å². The summed E-state index contributed by atoms with van der Waals surface area (Å²) >= 11 is 5.97. The topological polar surface area (TPSA) is 3.24 Å². The van der Waals surface area contributed by atoms with Crippen LogP contribution in [0.5, 0.6) is 0 Å². The number of thiophene rings is 2. The van der Waals surface area contributed by atoms with E-state index >= 15 is 0 Å². The van der Waals surface area contributed by atoms with Crippen molar-refractivity contribution >= 4 is 69.1 Å². The molecule has 0 fully saturated rings. The minimum atomic E-state index is -0.0990. The number of hydrogen-bond acceptors (Lipinski definition) is 4. The summed E-state index contributed by atoms with van der Waals surface area (Å²) in [5.41, 5.74) is 26.6. The summed E-state index contributed by atoms with van der Waals surface area (Å²) in [6.07, 6.45) is 3.61. The van der Waals surface area contributed by atoms with Gasteiger partial charge in [0.1, 0.15) is 0 Å². The predicted molar refractivity (Wildman–Crippen MR) is 312 cm³/mol. The van der Waals surface area contributed by atoms with Gasteiger partial charge in [0.15, 0.2) is 0 Å². The number of fused-ring (bicyclic) bond motifs is 6. The van der Waals surface area contributed by atoms with E-state index in [0.717, 1.165) is 12.1 Å². The zero-order chi connectivity index (χ0) is 49.1. The largest absolute Gasteiger partial charge is 0.310 e. The van der Waals surface area contributed by atoms with E-state index in [0.29, 0.717) is 5.25 Å². The Kier molecular flexibility index (Phi) is 11.2. The third kappa shape index (κ3) is 7.65. The van der Waals surface area contributed by atoms with Crippen molar-refractivity contribution in [1.82, 2.24) is 0 Å². The van der Waals surface area contributed by atoms with Gasteiger partial charge in [-0.05, 0) is 164 Å². The fraction of sp³-hybridized carbons (Fsp3) is 0.212. The summed E-state index contributed by atoms with van der Waals surface area (Å²) in [6.45, 7) is 23.4. The maximum absolute atomic E-state index is 2.55. The van der Waals surface area contributed by atoms with E-state index in [9.17, 15) is 0 Å². The molecule has 3 heterocycles. The van der Waals surface area contributed by atoms with Gasteiger partial charge in [-0.25, -0.2) is 0 Å². The van der Waals surface area contributed by atoms with Gasteiger partial charge in [0.25, 0.3) is 0 Å². The van der Waals surface area contributed by atoms with Crippen LogP contribution < -0.4 is 15.8 Å². The van der Waals surface area contributed by atoms with Crippen LogP contribution in [0, 0.1) is 41.5 Å². The molecule has 3 aliphatic rings. The second-order valence-corrected chi connectivity index (χ2v) is 25.0. The molecule has 9 aromatic rings. The Hall–Kier alpha value is -6.11. The summed E-state index contributed by atoms with van der Waals surface area (Å²) in [5, 5.41) is 0.414. The molecule has 1 nitrogen and oxygen atoms in total. The molecule has 1 unspecified atom stereocenters. The van der Waals surface area contributed by atoms with Gasteiger partial charge in [-0.3, -0.25) is 0 Å². The third-order valence-corrected chi connectivity index (χ3v) is 20.1. The average molecular weight is 974 g/mol. The van der Waals surface area contributed by atoms with E-state index in [1.807, 2.05) is 22.7 Å². The van der Waals surface area contributed by atoms with E-state index in [2.05, 4.69) is 250 Å². The van der Waals surface area contributed by atoms with Crippen LogP contribution in [0.25, 0.3) is 42.4 Å². The molecule has 12 rings (SSSR count). The highest BCUT2D eigenvalue weighted by Gasteiger charge is 2.39. The summed E-state index contributed by atoms with van der Waals surface area (Å²) in [5.74, 6) is 0. The molecule has 0 bridgehead atoms. The van der Waals surface area contributed by atoms with E-state index in [-0.39, 0.29) is 17.5 Å². The summed E-state index contributed by atoms with van der Waals surface area (Å²) < 4.78 is 0. The minimum absolute atomic E-state index is 0.0990. The molecule has 7 aromatic carbocycles. The number of allylic oxidation sites excluding steroid dienone is 1. The summed E-state index contributed by atoms with van der Waals surface area (Å²) in [6, 6.07) is 60.4. The number of benzene rings is 7. The molecular weight excluding hydrogens is 914 g/mol. The maximum Gasteiger partial charge on any atom is 0.249 e. The van der Waals surface area contributed by atoms with Crippen molar-refractivity contribution in [2.75, 3.05) is 4.90 Å². The molecule has 71 heavy (non-hydrogen) atoms. The summed E-state index contributed by atoms with van der Waals surface area (Å²) in [4.78, 5) is 9.40. The molecular formula is C66H60BNS3. The van der Waals surface area contributed by atoms with E-state index < -0.39 is 0 Å². The Morgan fingerprint density at radius 1 is 0.451 bits per heavy atom. The molecule has 2 aliphatic carbocycles. The summed E-state index contributed by atoms with van der Waals surface area (Å²) in [7, 11) is 0. The Bertz CT molecular complexity index is 3430. The molecule has 0 spiro atoms. The van der Waals surface area contributed by atoms with Crippen LogP contribution in [-0.4, -0.2) is 6.71 Å². The minimum Gasteiger partial charge on any atom is -0.310 e. The zero-order valence-corrected chi connectivity index (χ0v) is 45.1. The lowest BCUT2D eigenvalue weighted by molar-refractivity contribution is 0.660. The first-order valence-corrected chi connectivity index (χ1v) is 27.8. The fourth-order valence-corrected chi connectivity index (χ4v) is 16.4. The van der Waals surface area contributed by atoms with E-state index in [1.165, 1.54) is 130 Å². The van der Waals surface area contributed by atoms with Crippen LogP contribution in [0.3, 0.4) is 0 Å². The van der Waals surface area contributed by atoms with Crippen LogP contribution in [0.4, 0.5) is 17.1 Å². The van der Waals surface area contributed by atoms with Crippen molar-refractivity contribution in [1.29, 1.82) is 0 Å². The molecule has 1 atom stereocenters. The zero-order valence-electron chi connectivity index (χ0n) is 42.6. The second kappa shape index (κ2) is 17.3. The number of rotatable bonds is 9. The number of thioether (sulfide) groups is 1. The lowest BCUT2D eigenvalue weighted by Crippen LogP contribution is -2.48. The van der Waals surface area contributed by atoms with Gasteiger partial charge in [-0.15, -0.1) is 34.4 Å². The third-order valence-electron chi connectivity index (χ3n) is 16.0. The number of hydrogen-bond donors (Lipinski definition) is 0. The average Bonchev–Trinajstić information content (AvgIpc) is 4.20. The van der Waals surface area contributed by atoms with Crippen LogP contribution in [-0.2, 0) is 10.8 Å². The monoisotopic (exact) mass is 973 g/mol. The fourth-order valence-electron chi connectivity index (χ4n) is 12.7. The van der Waals surface area contributed by atoms with Crippen LogP contribution in [0.1, 0.15) is 99.9 Å². The molecule has 0 saturated carbocycles. The second-order valence-electron chi connectivity index (χ2n) is 21.6. The Morgan fingerprint density at radius 3 is 1.44 bits per heavy atom. The predicted octanol–water partition coefficient (Wildman–Crippen LogP) is 18.0. The Morgan fingerprint density at radius 2 is 0.901 bits per heavy atom. The molecule has 2 aromatic heterocycles. The quantitative estimate of drug-likeness (QED) is 0.133. The highest BCUT2D eigenvalue weighted by Crippen LogP contribution is 2.54. The smallest absolute Gasteiger partial charge is 0.249 e. The molecule has 0 amide bonds. The van der Waals surface area contributed by atoms with Gasteiger partial charge < -0.3 is 4.90 Å². The van der Waals surface area contributed by atoms with Gasteiger partial charge in [0, 0.05) is 52.7 Å². The normalized spacial score (nSPS) is 15.8. The van der Waals surface area contributed by atoms with E-state index in [1.54, 1.807) is 0 Å². The molecule has 0 saturated heterocycles. The van der Waals surface area contributed by atoms with Crippen LogP contribution in [0.2, 0.25) is 0 Å². The highest BCUT2D eigenvalue weighted by molar-refractivity contribution is 8.05. The number of aryl methyl sites for hydroxylation is 6. The SMILES string of the molecule is Cc1cc(C)c(B(C2=CCC(c3ccc(-c4ccc(-c5ccc(N(c6ccc7c(c6)C(C)(C)c6ccccc6-7)c6ccc7c(c6)C(C)(C)c6ccccc6-7)cc5)s4)s3)S2)c2c(C)cc(C)cc2C)c(C)c1. The van der Waals surface area contributed by atoms with Crippen molar-refractivity contribution < 1.29 is 0 Å². The first kappa shape index (κ1) is 46.0. The van der Waals surface area contributed by atoms with Crippen molar-refractivity contribution in [2.24, 2.45) is 0 Å². The standard InChI is InChI=1S/C66H60BNS3/c1-39-33-41(3)63(42(4)34-39)67(64-43(5)35-40(2)36-44(64)6)62-32-31-61(71-62)60-30-29-59(70-60)58-28-27-57(69-58)45-19-21-46(22-20-45)68(47-23-25-51-49-15-11-13-17-53(49)65(7,8)55(51)37-47)48-24-26-52-50-16-12-14-18-54(50)66(9,10)56(52)38-48/h11-30,32-38,61H,31H2,1-10H3. The molecule has 1 aliphatic heterocycles. The molecule has 350 valence electrons. The lowest BCUT2D eigenvalue weighted by Gasteiger charge is -2.30.